The SMILES string of the molecule is c1ccc2c(NC3CCSC3)snc2c1. The standard InChI is InChI=1S/C11H12N2S2/c1-2-4-10-9(3-1)11(15-13-10)12-8-5-6-14-7-8/h1-4,8,12H,5-7H2. The lowest BCUT2D eigenvalue weighted by Gasteiger charge is -2.10. The molecule has 0 radical (unpaired) electrons. The molecular formula is C11H12N2S2. The fraction of sp³-hybridized carbons (Fsp3) is 0.364. The van der Waals surface area contributed by atoms with Gasteiger partial charge >= 0.3 is 0 Å². The van der Waals surface area contributed by atoms with Crippen molar-refractivity contribution in [3.05, 3.63) is 24.3 Å². The number of hydrogen-bond acceptors (Lipinski definition) is 4. The summed E-state index contributed by atoms with van der Waals surface area (Å²) >= 11 is 3.61. The lowest BCUT2D eigenvalue weighted by atomic mass is 10.2. The van der Waals surface area contributed by atoms with Gasteiger partial charge in [-0.05, 0) is 35.8 Å². The third-order valence-electron chi connectivity index (χ3n) is 2.65. The molecule has 4 heteroatoms. The van der Waals surface area contributed by atoms with Crippen LogP contribution in [0.2, 0.25) is 0 Å². The first-order valence-electron chi connectivity index (χ1n) is 5.12. The fourth-order valence-corrected chi connectivity index (χ4v) is 3.82. The van der Waals surface area contributed by atoms with Gasteiger partial charge in [0.2, 0.25) is 0 Å². The van der Waals surface area contributed by atoms with Gasteiger partial charge in [0.05, 0.1) is 5.52 Å². The Morgan fingerprint density at radius 2 is 2.27 bits per heavy atom. The molecule has 2 aromatic rings. The van der Waals surface area contributed by atoms with Gasteiger partial charge < -0.3 is 5.32 Å². The highest BCUT2D eigenvalue weighted by Crippen LogP contribution is 2.30. The van der Waals surface area contributed by atoms with Crippen LogP contribution in [0.3, 0.4) is 0 Å². The normalized spacial score (nSPS) is 20.9. The van der Waals surface area contributed by atoms with E-state index >= 15 is 0 Å². The molecule has 1 aromatic heterocycles. The number of nitrogens with zero attached hydrogens (tertiary/aromatic N) is 1. The smallest absolute Gasteiger partial charge is 0.117 e. The molecule has 78 valence electrons. The molecule has 1 N–H and O–H groups in total. The molecule has 1 aliphatic heterocycles. The lowest BCUT2D eigenvalue weighted by molar-refractivity contribution is 0.817. The molecule has 1 fully saturated rings. The van der Waals surface area contributed by atoms with Crippen molar-refractivity contribution in [1.82, 2.24) is 4.37 Å². The first kappa shape index (κ1) is 9.48. The van der Waals surface area contributed by atoms with Crippen LogP contribution in [0.5, 0.6) is 0 Å². The van der Waals surface area contributed by atoms with E-state index in [-0.39, 0.29) is 0 Å². The molecule has 1 unspecified atom stereocenters. The second-order valence-electron chi connectivity index (χ2n) is 3.73. The van der Waals surface area contributed by atoms with Gasteiger partial charge in [-0.15, -0.1) is 0 Å². The number of aromatic nitrogens is 1. The number of anilines is 1. The van der Waals surface area contributed by atoms with Crippen molar-refractivity contribution in [2.75, 3.05) is 16.8 Å². The summed E-state index contributed by atoms with van der Waals surface area (Å²) in [6.07, 6.45) is 1.27. The van der Waals surface area contributed by atoms with Crippen LogP contribution in [-0.2, 0) is 0 Å². The number of rotatable bonds is 2. The van der Waals surface area contributed by atoms with E-state index in [9.17, 15) is 0 Å². The lowest BCUT2D eigenvalue weighted by Crippen LogP contribution is -2.17. The van der Waals surface area contributed by atoms with E-state index in [0.717, 1.165) is 5.52 Å². The number of thioether (sulfide) groups is 1. The molecule has 15 heavy (non-hydrogen) atoms. The summed E-state index contributed by atoms with van der Waals surface area (Å²) in [5, 5.41) is 6.10. The largest absolute Gasteiger partial charge is 0.372 e. The topological polar surface area (TPSA) is 24.9 Å². The summed E-state index contributed by atoms with van der Waals surface area (Å²) in [7, 11) is 0. The second kappa shape index (κ2) is 4.02. The Bertz CT molecular complexity index is 460. The van der Waals surface area contributed by atoms with Crippen molar-refractivity contribution in [3.63, 3.8) is 0 Å². The van der Waals surface area contributed by atoms with E-state index in [4.69, 9.17) is 0 Å². The summed E-state index contributed by atoms with van der Waals surface area (Å²) in [6.45, 7) is 0. The Hall–Kier alpha value is -0.740. The van der Waals surface area contributed by atoms with Gasteiger partial charge in [0, 0.05) is 17.2 Å². The third-order valence-corrected chi connectivity index (χ3v) is 4.62. The van der Waals surface area contributed by atoms with Crippen molar-refractivity contribution in [3.8, 4) is 0 Å². The maximum absolute atomic E-state index is 4.43. The summed E-state index contributed by atoms with van der Waals surface area (Å²) in [5.41, 5.74) is 1.11. The first-order chi connectivity index (χ1) is 7.43. The van der Waals surface area contributed by atoms with E-state index in [1.54, 1.807) is 11.5 Å². The molecule has 1 atom stereocenters. The Balaban J connectivity index is 1.90. The van der Waals surface area contributed by atoms with E-state index in [2.05, 4.69) is 27.9 Å². The Labute approximate surface area is 97.2 Å². The zero-order valence-corrected chi connectivity index (χ0v) is 9.90. The first-order valence-corrected chi connectivity index (χ1v) is 7.05. The number of hydrogen-bond donors (Lipinski definition) is 1. The maximum atomic E-state index is 4.43. The van der Waals surface area contributed by atoms with Crippen LogP contribution in [0, 0.1) is 0 Å². The molecule has 1 aromatic carbocycles. The summed E-state index contributed by atoms with van der Waals surface area (Å²) in [4.78, 5) is 0. The van der Waals surface area contributed by atoms with Gasteiger partial charge in [0.1, 0.15) is 5.00 Å². The molecule has 3 rings (SSSR count). The zero-order chi connectivity index (χ0) is 10.1. The van der Waals surface area contributed by atoms with Crippen LogP contribution < -0.4 is 5.32 Å². The zero-order valence-electron chi connectivity index (χ0n) is 8.27. The van der Waals surface area contributed by atoms with Crippen LogP contribution >= 0.6 is 23.3 Å². The molecule has 0 amide bonds. The van der Waals surface area contributed by atoms with Crippen molar-refractivity contribution in [2.24, 2.45) is 0 Å². The monoisotopic (exact) mass is 236 g/mol. The van der Waals surface area contributed by atoms with Crippen molar-refractivity contribution < 1.29 is 0 Å². The van der Waals surface area contributed by atoms with Crippen LogP contribution in [0.15, 0.2) is 24.3 Å². The average molecular weight is 236 g/mol. The van der Waals surface area contributed by atoms with E-state index in [1.165, 1.54) is 28.3 Å². The Morgan fingerprint density at radius 3 is 3.13 bits per heavy atom. The predicted molar refractivity (Wildman–Crippen MR) is 69.0 cm³/mol. The summed E-state index contributed by atoms with van der Waals surface area (Å²) in [6, 6.07) is 8.96. The van der Waals surface area contributed by atoms with Crippen LogP contribution in [0.4, 0.5) is 5.00 Å². The van der Waals surface area contributed by atoms with Gasteiger partial charge in [0.15, 0.2) is 0 Å². The van der Waals surface area contributed by atoms with Crippen LogP contribution in [0.1, 0.15) is 6.42 Å². The number of benzene rings is 1. The minimum absolute atomic E-state index is 0.638. The average Bonchev–Trinajstić information content (AvgIpc) is 2.89. The molecule has 0 bridgehead atoms. The highest BCUT2D eigenvalue weighted by Gasteiger charge is 2.16. The minimum Gasteiger partial charge on any atom is -0.372 e. The van der Waals surface area contributed by atoms with Crippen molar-refractivity contribution in [1.29, 1.82) is 0 Å². The predicted octanol–water partition coefficient (Wildman–Crippen LogP) is 3.21. The molecular weight excluding hydrogens is 224 g/mol. The molecule has 2 heterocycles. The highest BCUT2D eigenvalue weighted by molar-refractivity contribution is 7.99. The Morgan fingerprint density at radius 1 is 1.33 bits per heavy atom. The van der Waals surface area contributed by atoms with Gasteiger partial charge in [-0.2, -0.15) is 16.1 Å². The quantitative estimate of drug-likeness (QED) is 0.866. The van der Waals surface area contributed by atoms with Crippen molar-refractivity contribution in [2.45, 2.75) is 12.5 Å². The van der Waals surface area contributed by atoms with Gasteiger partial charge in [-0.25, -0.2) is 0 Å². The number of fused-ring (bicyclic) bond motifs is 1. The van der Waals surface area contributed by atoms with Gasteiger partial charge in [-0.1, -0.05) is 12.1 Å². The van der Waals surface area contributed by atoms with E-state index in [0.29, 0.717) is 6.04 Å². The molecule has 1 saturated heterocycles. The molecule has 2 nitrogen and oxygen atoms in total. The molecule has 0 saturated carbocycles. The summed E-state index contributed by atoms with van der Waals surface area (Å²) in [5.74, 6) is 2.51. The van der Waals surface area contributed by atoms with Crippen molar-refractivity contribution >= 4 is 39.2 Å². The van der Waals surface area contributed by atoms with Crippen LogP contribution in [0.25, 0.3) is 10.9 Å². The van der Waals surface area contributed by atoms with E-state index in [1.807, 2.05) is 17.8 Å². The van der Waals surface area contributed by atoms with Gasteiger partial charge in [0.25, 0.3) is 0 Å². The van der Waals surface area contributed by atoms with E-state index < -0.39 is 0 Å². The minimum atomic E-state index is 0.638. The highest BCUT2D eigenvalue weighted by atomic mass is 32.2. The number of nitrogens with one attached hydrogen (secondary N) is 1. The molecule has 0 aliphatic carbocycles. The third kappa shape index (κ3) is 1.84. The summed E-state index contributed by atoms with van der Waals surface area (Å²) < 4.78 is 4.43. The maximum Gasteiger partial charge on any atom is 0.117 e. The van der Waals surface area contributed by atoms with Gasteiger partial charge in [-0.3, -0.25) is 0 Å². The Kier molecular flexibility index (Phi) is 2.54. The fourth-order valence-electron chi connectivity index (χ4n) is 1.83. The second-order valence-corrected chi connectivity index (χ2v) is 5.66. The molecule has 0 spiro atoms. The molecule has 1 aliphatic rings. The van der Waals surface area contributed by atoms with Crippen LogP contribution in [-0.4, -0.2) is 21.9 Å².